The molecule has 1 atom stereocenters. The molecule has 21 heavy (non-hydrogen) atoms. The third-order valence-corrected chi connectivity index (χ3v) is 3.52. The van der Waals surface area contributed by atoms with Crippen molar-refractivity contribution in [3.63, 3.8) is 0 Å². The maximum Gasteiger partial charge on any atom is 0.410 e. The molecule has 1 aromatic rings. The minimum absolute atomic E-state index is 0.182. The van der Waals surface area contributed by atoms with Crippen molar-refractivity contribution in [2.45, 2.75) is 51.7 Å². The average molecular weight is 287 g/mol. The van der Waals surface area contributed by atoms with Gasteiger partial charge in [-0.25, -0.2) is 4.79 Å². The molecule has 1 saturated heterocycles. The van der Waals surface area contributed by atoms with Crippen molar-refractivity contribution in [2.75, 3.05) is 6.54 Å². The average Bonchev–Trinajstić information content (AvgIpc) is 2.86. The molecule has 0 aliphatic carbocycles. The van der Waals surface area contributed by atoms with Crippen molar-refractivity contribution in [2.24, 2.45) is 0 Å². The van der Waals surface area contributed by atoms with Gasteiger partial charge < -0.3 is 9.64 Å². The lowest BCUT2D eigenvalue weighted by Crippen LogP contribution is -2.39. The van der Waals surface area contributed by atoms with Gasteiger partial charge in [-0.3, -0.25) is 0 Å². The van der Waals surface area contributed by atoms with Gasteiger partial charge in [0.2, 0.25) is 0 Å². The summed E-state index contributed by atoms with van der Waals surface area (Å²) in [5, 5.41) is 0. The third-order valence-electron chi connectivity index (χ3n) is 3.52. The van der Waals surface area contributed by atoms with E-state index in [-0.39, 0.29) is 12.1 Å². The second-order valence-electron chi connectivity index (χ2n) is 6.52. The molecule has 1 heterocycles. The number of benzene rings is 1. The van der Waals surface area contributed by atoms with Crippen molar-refractivity contribution >= 4 is 12.2 Å². The fourth-order valence-electron chi connectivity index (χ4n) is 2.57. The molecule has 1 aliphatic heterocycles. The molecule has 2 rings (SSSR count). The second-order valence-corrected chi connectivity index (χ2v) is 6.52. The summed E-state index contributed by atoms with van der Waals surface area (Å²) in [5.74, 6) is 0. The van der Waals surface area contributed by atoms with Crippen molar-refractivity contribution in [3.05, 3.63) is 42.0 Å². The standard InChI is InChI=1S/C18H25NO2/c1-18(2,3)21-17(20)19-14-8-13-16(19)12-7-11-15-9-5-4-6-10-15/h4-7,9-11,16H,8,12-14H2,1-3H3. The van der Waals surface area contributed by atoms with E-state index in [1.807, 2.05) is 43.9 Å². The van der Waals surface area contributed by atoms with Crippen LogP contribution in [0.1, 0.15) is 45.6 Å². The number of nitrogens with zero attached hydrogens (tertiary/aromatic N) is 1. The fraction of sp³-hybridized carbons (Fsp3) is 0.500. The molecule has 0 bridgehead atoms. The Hall–Kier alpha value is -1.77. The lowest BCUT2D eigenvalue weighted by molar-refractivity contribution is 0.0228. The monoisotopic (exact) mass is 287 g/mol. The van der Waals surface area contributed by atoms with Crippen LogP contribution < -0.4 is 0 Å². The zero-order valence-corrected chi connectivity index (χ0v) is 13.2. The largest absolute Gasteiger partial charge is 0.444 e. The number of amides is 1. The summed E-state index contributed by atoms with van der Waals surface area (Å²) in [5.41, 5.74) is 0.767. The lowest BCUT2D eigenvalue weighted by atomic mass is 10.1. The molecular formula is C18H25NO2. The lowest BCUT2D eigenvalue weighted by Gasteiger charge is -2.28. The van der Waals surface area contributed by atoms with Gasteiger partial charge in [0.1, 0.15) is 5.60 Å². The number of hydrogen-bond donors (Lipinski definition) is 0. The summed E-state index contributed by atoms with van der Waals surface area (Å²) in [6, 6.07) is 10.5. The highest BCUT2D eigenvalue weighted by molar-refractivity contribution is 5.69. The summed E-state index contributed by atoms with van der Waals surface area (Å²) in [6.07, 6.45) is 7.09. The van der Waals surface area contributed by atoms with Crippen LogP contribution in [-0.2, 0) is 4.74 Å². The Labute approximate surface area is 127 Å². The Morgan fingerprint density at radius 1 is 1.33 bits per heavy atom. The molecule has 1 unspecified atom stereocenters. The fourth-order valence-corrected chi connectivity index (χ4v) is 2.57. The summed E-state index contributed by atoms with van der Waals surface area (Å²) >= 11 is 0. The van der Waals surface area contributed by atoms with Gasteiger partial charge in [0.25, 0.3) is 0 Å². The van der Waals surface area contributed by atoms with Crippen molar-refractivity contribution in [1.82, 2.24) is 4.90 Å². The number of hydrogen-bond acceptors (Lipinski definition) is 2. The molecule has 1 fully saturated rings. The number of rotatable bonds is 3. The summed E-state index contributed by atoms with van der Waals surface area (Å²) in [4.78, 5) is 14.1. The maximum atomic E-state index is 12.2. The van der Waals surface area contributed by atoms with Gasteiger partial charge in [0, 0.05) is 12.6 Å². The molecule has 1 aromatic carbocycles. The van der Waals surface area contributed by atoms with Gasteiger partial charge in [-0.2, -0.15) is 0 Å². The molecule has 0 spiro atoms. The Kier molecular flexibility index (Phi) is 5.05. The minimum atomic E-state index is -0.426. The molecule has 1 amide bonds. The van der Waals surface area contributed by atoms with Crippen molar-refractivity contribution in [1.29, 1.82) is 0 Å². The Morgan fingerprint density at radius 2 is 2.05 bits per heavy atom. The van der Waals surface area contributed by atoms with Crippen molar-refractivity contribution < 1.29 is 9.53 Å². The first kappa shape index (κ1) is 15.6. The maximum absolute atomic E-state index is 12.2. The quantitative estimate of drug-likeness (QED) is 0.819. The van der Waals surface area contributed by atoms with E-state index in [1.165, 1.54) is 5.56 Å². The van der Waals surface area contributed by atoms with Crippen LogP contribution in [0.2, 0.25) is 0 Å². The first-order valence-corrected chi connectivity index (χ1v) is 7.67. The summed E-state index contributed by atoms with van der Waals surface area (Å²) in [6.45, 7) is 6.53. The first-order valence-electron chi connectivity index (χ1n) is 7.67. The zero-order valence-electron chi connectivity index (χ0n) is 13.2. The van der Waals surface area contributed by atoms with E-state index >= 15 is 0 Å². The van der Waals surface area contributed by atoms with E-state index in [1.54, 1.807) is 0 Å². The SMILES string of the molecule is CC(C)(C)OC(=O)N1CCCC1CC=Cc1ccccc1. The van der Waals surface area contributed by atoms with Crippen LogP contribution in [0.4, 0.5) is 4.79 Å². The van der Waals surface area contributed by atoms with Crippen LogP contribution >= 0.6 is 0 Å². The zero-order chi connectivity index (χ0) is 15.3. The molecular weight excluding hydrogens is 262 g/mol. The van der Waals surface area contributed by atoms with E-state index in [2.05, 4.69) is 24.3 Å². The smallest absolute Gasteiger partial charge is 0.410 e. The topological polar surface area (TPSA) is 29.5 Å². The van der Waals surface area contributed by atoms with Gasteiger partial charge in [0.15, 0.2) is 0 Å². The molecule has 3 heteroatoms. The number of carbonyl (C=O) groups excluding carboxylic acids is 1. The highest BCUT2D eigenvalue weighted by atomic mass is 16.6. The highest BCUT2D eigenvalue weighted by Crippen LogP contribution is 2.23. The van der Waals surface area contributed by atoms with Gasteiger partial charge in [-0.05, 0) is 45.6 Å². The van der Waals surface area contributed by atoms with E-state index in [9.17, 15) is 4.79 Å². The second kappa shape index (κ2) is 6.79. The van der Waals surface area contributed by atoms with Gasteiger partial charge >= 0.3 is 6.09 Å². The molecule has 0 aromatic heterocycles. The third kappa shape index (κ3) is 4.92. The van der Waals surface area contributed by atoms with E-state index < -0.39 is 5.60 Å². The van der Waals surface area contributed by atoms with Gasteiger partial charge in [-0.1, -0.05) is 42.5 Å². The predicted molar refractivity (Wildman–Crippen MR) is 86.1 cm³/mol. The molecule has 0 N–H and O–H groups in total. The van der Waals surface area contributed by atoms with Crippen LogP contribution in [0, 0.1) is 0 Å². The molecule has 114 valence electrons. The number of carbonyl (C=O) groups is 1. The van der Waals surface area contributed by atoms with Crippen molar-refractivity contribution in [3.8, 4) is 0 Å². The van der Waals surface area contributed by atoms with Crippen LogP contribution in [0.25, 0.3) is 6.08 Å². The number of ether oxygens (including phenoxy) is 1. The first-order chi connectivity index (χ1) is 9.96. The molecule has 3 nitrogen and oxygen atoms in total. The van der Waals surface area contributed by atoms with Crippen LogP contribution in [-0.4, -0.2) is 29.2 Å². The Bertz CT molecular complexity index is 488. The van der Waals surface area contributed by atoms with E-state index in [0.29, 0.717) is 0 Å². The Morgan fingerprint density at radius 3 is 2.71 bits per heavy atom. The molecule has 1 aliphatic rings. The van der Waals surface area contributed by atoms with Gasteiger partial charge in [0.05, 0.1) is 0 Å². The summed E-state index contributed by atoms with van der Waals surface area (Å²) in [7, 11) is 0. The van der Waals surface area contributed by atoms with Crippen LogP contribution in [0.5, 0.6) is 0 Å². The minimum Gasteiger partial charge on any atom is -0.444 e. The molecule has 0 radical (unpaired) electrons. The summed E-state index contributed by atoms with van der Waals surface area (Å²) < 4.78 is 5.48. The van der Waals surface area contributed by atoms with E-state index in [0.717, 1.165) is 25.8 Å². The Balaban J connectivity index is 1.90. The normalized spacial score (nSPS) is 19.2. The predicted octanol–water partition coefficient (Wildman–Crippen LogP) is 4.49. The van der Waals surface area contributed by atoms with Crippen LogP contribution in [0.3, 0.4) is 0 Å². The number of likely N-dealkylation sites (tertiary alicyclic amines) is 1. The van der Waals surface area contributed by atoms with E-state index in [4.69, 9.17) is 4.74 Å². The van der Waals surface area contributed by atoms with Gasteiger partial charge in [-0.15, -0.1) is 0 Å². The highest BCUT2D eigenvalue weighted by Gasteiger charge is 2.31. The molecule has 0 saturated carbocycles. The van der Waals surface area contributed by atoms with Crippen LogP contribution in [0.15, 0.2) is 36.4 Å².